The zero-order valence-corrected chi connectivity index (χ0v) is 12.8. The van der Waals surface area contributed by atoms with E-state index in [4.69, 9.17) is 9.47 Å². The molecule has 0 aromatic heterocycles. The van der Waals surface area contributed by atoms with Gasteiger partial charge in [0.2, 0.25) is 0 Å². The summed E-state index contributed by atoms with van der Waals surface area (Å²) in [5, 5.41) is 13.5. The molecule has 0 radical (unpaired) electrons. The summed E-state index contributed by atoms with van der Waals surface area (Å²) in [5.74, 6) is 0.829. The molecule has 2 aliphatic rings. The summed E-state index contributed by atoms with van der Waals surface area (Å²) in [6.07, 6.45) is 3.72. The number of benzene rings is 1. The van der Waals surface area contributed by atoms with E-state index in [2.05, 4.69) is 11.4 Å². The maximum absolute atomic E-state index is 10.1. The Kier molecular flexibility index (Phi) is 4.48. The van der Waals surface area contributed by atoms with Crippen LogP contribution in [0.25, 0.3) is 0 Å². The highest BCUT2D eigenvalue weighted by Crippen LogP contribution is 2.34. The maximum atomic E-state index is 10.1. The van der Waals surface area contributed by atoms with Crippen LogP contribution in [0.5, 0.6) is 5.75 Å². The molecule has 2 aliphatic heterocycles. The first kappa shape index (κ1) is 14.8. The predicted molar refractivity (Wildman–Crippen MR) is 81.7 cm³/mol. The van der Waals surface area contributed by atoms with E-state index in [1.54, 1.807) is 0 Å². The first-order valence-electron chi connectivity index (χ1n) is 7.88. The van der Waals surface area contributed by atoms with Gasteiger partial charge in [0.25, 0.3) is 0 Å². The van der Waals surface area contributed by atoms with Gasteiger partial charge < -0.3 is 19.9 Å². The summed E-state index contributed by atoms with van der Waals surface area (Å²) in [6, 6.07) is 6.51. The van der Waals surface area contributed by atoms with Crippen molar-refractivity contribution in [2.45, 2.75) is 57.5 Å². The van der Waals surface area contributed by atoms with E-state index >= 15 is 0 Å². The molecule has 4 heteroatoms. The summed E-state index contributed by atoms with van der Waals surface area (Å²) in [7, 11) is 0. The summed E-state index contributed by atoms with van der Waals surface area (Å²) in [6.45, 7) is 4.97. The van der Waals surface area contributed by atoms with Crippen LogP contribution in [0.2, 0.25) is 0 Å². The Bertz CT molecular complexity index is 471. The number of nitrogens with one attached hydrogen (secondary N) is 1. The SMILES string of the molecule is Cc1cc(C)cc(OCC(O)CNC2CC3CCC2O3)c1. The van der Waals surface area contributed by atoms with Crippen LogP contribution >= 0.6 is 0 Å². The summed E-state index contributed by atoms with van der Waals surface area (Å²) >= 11 is 0. The van der Waals surface area contributed by atoms with E-state index in [9.17, 15) is 5.11 Å². The molecule has 21 heavy (non-hydrogen) atoms. The number of aryl methyl sites for hydroxylation is 2. The van der Waals surface area contributed by atoms with Crippen molar-refractivity contribution in [3.05, 3.63) is 29.3 Å². The van der Waals surface area contributed by atoms with Crippen LogP contribution in [0.3, 0.4) is 0 Å². The number of ether oxygens (including phenoxy) is 2. The van der Waals surface area contributed by atoms with Crippen LogP contribution in [0, 0.1) is 13.8 Å². The smallest absolute Gasteiger partial charge is 0.119 e. The third-order valence-corrected chi connectivity index (χ3v) is 4.36. The Morgan fingerprint density at radius 1 is 1.29 bits per heavy atom. The van der Waals surface area contributed by atoms with Crippen molar-refractivity contribution >= 4 is 0 Å². The molecule has 116 valence electrons. The number of aliphatic hydroxyl groups is 1. The average molecular weight is 291 g/mol. The van der Waals surface area contributed by atoms with E-state index in [1.165, 1.54) is 17.5 Å². The highest BCUT2D eigenvalue weighted by molar-refractivity contribution is 5.32. The molecule has 2 N–H and O–H groups in total. The minimum absolute atomic E-state index is 0.317. The van der Waals surface area contributed by atoms with Crippen LogP contribution < -0.4 is 10.1 Å². The van der Waals surface area contributed by atoms with Gasteiger partial charge in [-0.15, -0.1) is 0 Å². The molecule has 1 aromatic carbocycles. The van der Waals surface area contributed by atoms with Crippen LogP contribution in [0.4, 0.5) is 0 Å². The fourth-order valence-corrected chi connectivity index (χ4v) is 3.41. The third-order valence-electron chi connectivity index (χ3n) is 4.36. The molecular weight excluding hydrogens is 266 g/mol. The van der Waals surface area contributed by atoms with E-state index in [1.807, 2.05) is 26.0 Å². The van der Waals surface area contributed by atoms with Crippen molar-refractivity contribution in [3.8, 4) is 5.75 Å². The number of aliphatic hydroxyl groups excluding tert-OH is 1. The van der Waals surface area contributed by atoms with Crippen molar-refractivity contribution in [1.29, 1.82) is 0 Å². The maximum Gasteiger partial charge on any atom is 0.119 e. The Morgan fingerprint density at radius 2 is 2.05 bits per heavy atom. The lowest BCUT2D eigenvalue weighted by Crippen LogP contribution is -2.42. The fourth-order valence-electron chi connectivity index (χ4n) is 3.41. The third kappa shape index (κ3) is 3.76. The predicted octanol–water partition coefficient (Wildman–Crippen LogP) is 1.95. The molecule has 2 fully saturated rings. The first-order valence-corrected chi connectivity index (χ1v) is 7.88. The van der Waals surface area contributed by atoms with Gasteiger partial charge in [-0.3, -0.25) is 0 Å². The van der Waals surface area contributed by atoms with Gasteiger partial charge in [-0.05, 0) is 56.4 Å². The molecule has 1 aromatic rings. The van der Waals surface area contributed by atoms with Crippen molar-refractivity contribution < 1.29 is 14.6 Å². The van der Waals surface area contributed by atoms with Gasteiger partial charge in [0.1, 0.15) is 18.5 Å². The van der Waals surface area contributed by atoms with E-state index in [0.717, 1.165) is 18.6 Å². The zero-order valence-electron chi connectivity index (χ0n) is 12.8. The van der Waals surface area contributed by atoms with Crippen molar-refractivity contribution in [3.63, 3.8) is 0 Å². The lowest BCUT2D eigenvalue weighted by Gasteiger charge is -2.22. The van der Waals surface area contributed by atoms with Crippen LogP contribution in [-0.2, 0) is 4.74 Å². The van der Waals surface area contributed by atoms with E-state index < -0.39 is 6.10 Å². The fraction of sp³-hybridized carbons (Fsp3) is 0.647. The lowest BCUT2D eigenvalue weighted by atomic mass is 9.95. The van der Waals surface area contributed by atoms with Gasteiger partial charge >= 0.3 is 0 Å². The van der Waals surface area contributed by atoms with Crippen LogP contribution in [-0.4, -0.2) is 42.6 Å². The summed E-state index contributed by atoms with van der Waals surface area (Å²) in [4.78, 5) is 0. The molecule has 4 unspecified atom stereocenters. The molecular formula is C17H25NO3. The van der Waals surface area contributed by atoms with E-state index in [0.29, 0.717) is 31.4 Å². The molecule has 2 heterocycles. The molecule has 4 nitrogen and oxygen atoms in total. The molecule has 4 atom stereocenters. The Balaban J connectivity index is 1.41. The summed E-state index contributed by atoms with van der Waals surface area (Å²) < 4.78 is 11.5. The molecule has 3 rings (SSSR count). The lowest BCUT2D eigenvalue weighted by molar-refractivity contribution is 0.0853. The van der Waals surface area contributed by atoms with Gasteiger partial charge in [-0.25, -0.2) is 0 Å². The number of rotatable bonds is 6. The monoisotopic (exact) mass is 291 g/mol. The Morgan fingerprint density at radius 3 is 2.67 bits per heavy atom. The Labute approximate surface area is 126 Å². The number of fused-ring (bicyclic) bond motifs is 2. The van der Waals surface area contributed by atoms with Crippen LogP contribution in [0.1, 0.15) is 30.4 Å². The second-order valence-electron chi connectivity index (χ2n) is 6.41. The van der Waals surface area contributed by atoms with Crippen molar-refractivity contribution in [2.75, 3.05) is 13.2 Å². The topological polar surface area (TPSA) is 50.7 Å². The molecule has 2 saturated heterocycles. The molecule has 2 bridgehead atoms. The molecule has 0 amide bonds. The highest BCUT2D eigenvalue weighted by Gasteiger charge is 2.40. The normalized spacial score (nSPS) is 28.8. The molecule has 0 saturated carbocycles. The van der Waals surface area contributed by atoms with Gasteiger partial charge in [-0.2, -0.15) is 0 Å². The van der Waals surface area contributed by atoms with E-state index in [-0.39, 0.29) is 0 Å². The molecule has 0 spiro atoms. The van der Waals surface area contributed by atoms with Crippen LogP contribution in [0.15, 0.2) is 18.2 Å². The Hall–Kier alpha value is -1.10. The van der Waals surface area contributed by atoms with Gasteiger partial charge in [0.15, 0.2) is 0 Å². The quantitative estimate of drug-likeness (QED) is 0.841. The minimum Gasteiger partial charge on any atom is -0.491 e. The zero-order chi connectivity index (χ0) is 14.8. The first-order chi connectivity index (χ1) is 10.1. The van der Waals surface area contributed by atoms with Gasteiger partial charge in [0.05, 0.1) is 12.2 Å². The number of hydrogen-bond donors (Lipinski definition) is 2. The summed E-state index contributed by atoms with van der Waals surface area (Å²) in [5.41, 5.74) is 2.36. The van der Waals surface area contributed by atoms with Crippen molar-refractivity contribution in [1.82, 2.24) is 5.32 Å². The molecule has 0 aliphatic carbocycles. The number of hydrogen-bond acceptors (Lipinski definition) is 4. The minimum atomic E-state index is -0.495. The largest absolute Gasteiger partial charge is 0.491 e. The standard InChI is InChI=1S/C17H25NO3/c1-11-5-12(2)7-15(6-11)20-10-13(19)9-18-16-8-14-3-4-17(16)21-14/h5-7,13-14,16-19H,3-4,8-10H2,1-2H3. The van der Waals surface area contributed by atoms with Gasteiger partial charge in [-0.1, -0.05) is 6.07 Å². The van der Waals surface area contributed by atoms with Gasteiger partial charge in [0, 0.05) is 12.6 Å². The second-order valence-corrected chi connectivity index (χ2v) is 6.41. The highest BCUT2D eigenvalue weighted by atomic mass is 16.5. The van der Waals surface area contributed by atoms with Crippen molar-refractivity contribution in [2.24, 2.45) is 0 Å². The second kappa shape index (κ2) is 6.34. The average Bonchev–Trinajstić information content (AvgIpc) is 3.04.